The summed E-state index contributed by atoms with van der Waals surface area (Å²) in [5, 5.41) is 8.96. The van der Waals surface area contributed by atoms with Gasteiger partial charge in [0.15, 0.2) is 0 Å². The third-order valence-electron chi connectivity index (χ3n) is 3.27. The van der Waals surface area contributed by atoms with Gasteiger partial charge in [0.25, 0.3) is 0 Å². The minimum Gasteiger partial charge on any atom is -0.299 e. The highest BCUT2D eigenvalue weighted by atomic mass is 15.1. The smallest absolute Gasteiger partial charge is 0.144 e. The van der Waals surface area contributed by atoms with E-state index in [1.54, 1.807) is 6.20 Å². The van der Waals surface area contributed by atoms with E-state index in [1.807, 2.05) is 12.1 Å². The highest BCUT2D eigenvalue weighted by Crippen LogP contribution is 2.18. The number of piperidine rings is 1. The Balaban J connectivity index is 2.01. The zero-order chi connectivity index (χ0) is 11.4. The molecule has 1 fully saturated rings. The number of likely N-dealkylation sites (tertiary alicyclic amines) is 1. The summed E-state index contributed by atoms with van der Waals surface area (Å²) in [4.78, 5) is 6.50. The maximum atomic E-state index is 8.96. The van der Waals surface area contributed by atoms with E-state index in [9.17, 15) is 0 Å². The van der Waals surface area contributed by atoms with Crippen LogP contribution < -0.4 is 0 Å². The molecular weight excluding hydrogens is 198 g/mol. The fourth-order valence-electron chi connectivity index (χ4n) is 2.13. The van der Waals surface area contributed by atoms with Crippen molar-refractivity contribution in [2.24, 2.45) is 5.92 Å². The van der Waals surface area contributed by atoms with Crippen LogP contribution in [0.4, 0.5) is 0 Å². The molecule has 0 spiro atoms. The first-order valence-electron chi connectivity index (χ1n) is 5.86. The van der Waals surface area contributed by atoms with Crippen LogP contribution in [-0.4, -0.2) is 23.0 Å². The van der Waals surface area contributed by atoms with Gasteiger partial charge in [-0.15, -0.1) is 0 Å². The summed E-state index contributed by atoms with van der Waals surface area (Å²) in [5.41, 5.74) is 1.63. The molecule has 0 saturated carbocycles. The summed E-state index contributed by atoms with van der Waals surface area (Å²) in [6, 6.07) is 6.07. The van der Waals surface area contributed by atoms with Gasteiger partial charge < -0.3 is 0 Å². The van der Waals surface area contributed by atoms with E-state index in [0.29, 0.717) is 5.69 Å². The Kier molecular flexibility index (Phi) is 3.53. The van der Waals surface area contributed by atoms with Gasteiger partial charge in [-0.05, 0) is 37.9 Å². The van der Waals surface area contributed by atoms with Gasteiger partial charge in [0, 0.05) is 18.3 Å². The fraction of sp³-hybridized carbons (Fsp3) is 0.538. The minimum absolute atomic E-state index is 0.570. The molecule has 0 radical (unpaired) electrons. The van der Waals surface area contributed by atoms with Crippen molar-refractivity contribution in [2.75, 3.05) is 13.1 Å². The predicted molar refractivity (Wildman–Crippen MR) is 62.6 cm³/mol. The zero-order valence-corrected chi connectivity index (χ0v) is 9.69. The molecule has 0 atom stereocenters. The fourth-order valence-corrected chi connectivity index (χ4v) is 2.13. The molecule has 1 aromatic rings. The molecule has 3 nitrogen and oxygen atoms in total. The molecule has 0 unspecified atom stereocenters. The molecule has 3 heteroatoms. The molecule has 16 heavy (non-hydrogen) atoms. The molecule has 2 rings (SSSR count). The van der Waals surface area contributed by atoms with Crippen LogP contribution in [0, 0.1) is 17.2 Å². The molecule has 2 heterocycles. The topological polar surface area (TPSA) is 39.9 Å². The van der Waals surface area contributed by atoms with Gasteiger partial charge in [-0.25, -0.2) is 4.98 Å². The maximum absolute atomic E-state index is 8.96. The SMILES string of the molecule is CC1CCN(Cc2cccnc2C#N)CC1. The van der Waals surface area contributed by atoms with Crippen LogP contribution in [0.5, 0.6) is 0 Å². The third kappa shape index (κ3) is 2.59. The molecule has 0 aliphatic carbocycles. The second-order valence-electron chi connectivity index (χ2n) is 4.58. The molecule has 0 bridgehead atoms. The van der Waals surface area contributed by atoms with Crippen LogP contribution >= 0.6 is 0 Å². The van der Waals surface area contributed by atoms with E-state index in [-0.39, 0.29) is 0 Å². The van der Waals surface area contributed by atoms with Crippen LogP contribution in [0.1, 0.15) is 31.0 Å². The lowest BCUT2D eigenvalue weighted by atomic mass is 9.99. The molecule has 1 aliphatic heterocycles. The standard InChI is InChI=1S/C13H17N3/c1-11-4-7-16(8-5-11)10-12-3-2-6-15-13(12)9-14/h2-3,6,11H,4-5,7-8,10H2,1H3. The largest absolute Gasteiger partial charge is 0.299 e. The molecule has 0 N–H and O–H groups in total. The lowest BCUT2D eigenvalue weighted by Crippen LogP contribution is -2.32. The number of hydrogen-bond acceptors (Lipinski definition) is 3. The first-order valence-corrected chi connectivity index (χ1v) is 5.86. The van der Waals surface area contributed by atoms with Gasteiger partial charge in [-0.3, -0.25) is 4.90 Å². The Morgan fingerprint density at radius 2 is 2.25 bits per heavy atom. The van der Waals surface area contributed by atoms with Gasteiger partial charge in [0.05, 0.1) is 0 Å². The third-order valence-corrected chi connectivity index (χ3v) is 3.27. The second kappa shape index (κ2) is 5.09. The molecular formula is C13H17N3. The Morgan fingerprint density at radius 1 is 1.50 bits per heavy atom. The van der Waals surface area contributed by atoms with Gasteiger partial charge in [0.2, 0.25) is 0 Å². The summed E-state index contributed by atoms with van der Waals surface area (Å²) in [7, 11) is 0. The second-order valence-corrected chi connectivity index (χ2v) is 4.58. The average molecular weight is 215 g/mol. The van der Waals surface area contributed by atoms with E-state index >= 15 is 0 Å². The van der Waals surface area contributed by atoms with Crippen molar-refractivity contribution in [1.82, 2.24) is 9.88 Å². The van der Waals surface area contributed by atoms with E-state index < -0.39 is 0 Å². The summed E-state index contributed by atoms with van der Waals surface area (Å²) in [6.07, 6.45) is 4.21. The quantitative estimate of drug-likeness (QED) is 0.759. The lowest BCUT2D eigenvalue weighted by molar-refractivity contribution is 0.185. The monoisotopic (exact) mass is 215 g/mol. The van der Waals surface area contributed by atoms with E-state index in [4.69, 9.17) is 5.26 Å². The number of hydrogen-bond donors (Lipinski definition) is 0. The van der Waals surface area contributed by atoms with E-state index in [0.717, 1.165) is 31.1 Å². The van der Waals surface area contributed by atoms with Crippen molar-refractivity contribution in [3.05, 3.63) is 29.6 Å². The van der Waals surface area contributed by atoms with Crippen LogP contribution in [-0.2, 0) is 6.54 Å². The van der Waals surface area contributed by atoms with Crippen LogP contribution in [0.15, 0.2) is 18.3 Å². The maximum Gasteiger partial charge on any atom is 0.144 e. The van der Waals surface area contributed by atoms with Crippen molar-refractivity contribution in [3.63, 3.8) is 0 Å². The van der Waals surface area contributed by atoms with E-state index in [1.165, 1.54) is 12.8 Å². The highest BCUT2D eigenvalue weighted by molar-refractivity contribution is 5.30. The predicted octanol–water partition coefficient (Wildman–Crippen LogP) is 2.19. The Morgan fingerprint density at radius 3 is 2.94 bits per heavy atom. The van der Waals surface area contributed by atoms with Crippen LogP contribution in [0.25, 0.3) is 0 Å². The Labute approximate surface area is 96.7 Å². The summed E-state index contributed by atoms with van der Waals surface area (Å²) in [5.74, 6) is 0.848. The van der Waals surface area contributed by atoms with Crippen molar-refractivity contribution < 1.29 is 0 Å². The number of pyridine rings is 1. The van der Waals surface area contributed by atoms with Crippen LogP contribution in [0.2, 0.25) is 0 Å². The molecule has 0 aromatic carbocycles. The van der Waals surface area contributed by atoms with E-state index in [2.05, 4.69) is 22.9 Å². The first kappa shape index (κ1) is 11.1. The summed E-state index contributed by atoms with van der Waals surface area (Å²) >= 11 is 0. The molecule has 1 aliphatic rings. The molecule has 0 amide bonds. The Hall–Kier alpha value is -1.40. The van der Waals surface area contributed by atoms with Gasteiger partial charge >= 0.3 is 0 Å². The molecule has 1 aromatic heterocycles. The van der Waals surface area contributed by atoms with Crippen molar-refractivity contribution in [3.8, 4) is 6.07 Å². The molecule has 1 saturated heterocycles. The van der Waals surface area contributed by atoms with Gasteiger partial charge in [-0.1, -0.05) is 13.0 Å². The summed E-state index contributed by atoms with van der Waals surface area (Å²) in [6.45, 7) is 5.45. The molecule has 84 valence electrons. The zero-order valence-electron chi connectivity index (χ0n) is 9.69. The summed E-state index contributed by atoms with van der Waals surface area (Å²) < 4.78 is 0. The normalized spacial score (nSPS) is 18.2. The van der Waals surface area contributed by atoms with Crippen molar-refractivity contribution in [1.29, 1.82) is 5.26 Å². The number of nitrogens with zero attached hydrogens (tertiary/aromatic N) is 3. The number of rotatable bonds is 2. The van der Waals surface area contributed by atoms with Gasteiger partial charge in [-0.2, -0.15) is 5.26 Å². The van der Waals surface area contributed by atoms with Gasteiger partial charge in [0.1, 0.15) is 11.8 Å². The minimum atomic E-state index is 0.570. The van der Waals surface area contributed by atoms with Crippen molar-refractivity contribution >= 4 is 0 Å². The first-order chi connectivity index (χ1) is 7.79. The lowest BCUT2D eigenvalue weighted by Gasteiger charge is -2.30. The van der Waals surface area contributed by atoms with Crippen molar-refractivity contribution in [2.45, 2.75) is 26.3 Å². The highest BCUT2D eigenvalue weighted by Gasteiger charge is 2.16. The Bertz CT molecular complexity index is 386. The number of nitriles is 1. The average Bonchev–Trinajstić information content (AvgIpc) is 2.33. The van der Waals surface area contributed by atoms with Crippen LogP contribution in [0.3, 0.4) is 0 Å². The number of aromatic nitrogens is 1.